The zero-order valence-corrected chi connectivity index (χ0v) is 10.5. The number of nitrogens with two attached hydrogens (primary N) is 1. The van der Waals surface area contributed by atoms with Crippen LogP contribution >= 0.6 is 27.5 Å². The van der Waals surface area contributed by atoms with E-state index in [9.17, 15) is 0 Å². The van der Waals surface area contributed by atoms with Crippen molar-refractivity contribution < 1.29 is 4.42 Å². The van der Waals surface area contributed by atoms with Crippen LogP contribution in [0.3, 0.4) is 0 Å². The lowest BCUT2D eigenvalue weighted by atomic mass is 10.1. The Labute approximate surface area is 106 Å². The first-order valence-corrected chi connectivity index (χ1v) is 5.70. The van der Waals surface area contributed by atoms with Gasteiger partial charge in [-0.25, -0.2) is 10.4 Å². The SMILES string of the molecule is NNC(c1ccnc(Cl)c1)c1occc1Br. The number of halogens is 2. The summed E-state index contributed by atoms with van der Waals surface area (Å²) in [6, 6.07) is 5.11. The van der Waals surface area contributed by atoms with Crippen LogP contribution in [0.1, 0.15) is 17.4 Å². The average molecular weight is 303 g/mol. The molecule has 0 radical (unpaired) electrons. The minimum atomic E-state index is -0.259. The van der Waals surface area contributed by atoms with Gasteiger partial charge < -0.3 is 4.42 Å². The van der Waals surface area contributed by atoms with Crippen molar-refractivity contribution in [3.63, 3.8) is 0 Å². The highest BCUT2D eigenvalue weighted by atomic mass is 79.9. The van der Waals surface area contributed by atoms with E-state index in [-0.39, 0.29) is 6.04 Å². The number of aromatic nitrogens is 1. The predicted molar refractivity (Wildman–Crippen MR) is 64.8 cm³/mol. The zero-order chi connectivity index (χ0) is 11.5. The van der Waals surface area contributed by atoms with Crippen LogP contribution in [0.4, 0.5) is 0 Å². The smallest absolute Gasteiger partial charge is 0.140 e. The van der Waals surface area contributed by atoms with Gasteiger partial charge in [0.05, 0.1) is 10.7 Å². The molecular weight excluding hydrogens is 293 g/mol. The van der Waals surface area contributed by atoms with Crippen LogP contribution < -0.4 is 11.3 Å². The highest BCUT2D eigenvalue weighted by Gasteiger charge is 2.18. The predicted octanol–water partition coefficient (Wildman–Crippen LogP) is 2.64. The number of nitrogens with zero attached hydrogens (tertiary/aromatic N) is 1. The number of hydrogen-bond acceptors (Lipinski definition) is 4. The number of nitrogens with one attached hydrogen (secondary N) is 1. The number of pyridine rings is 1. The van der Waals surface area contributed by atoms with Gasteiger partial charge in [-0.3, -0.25) is 5.84 Å². The molecule has 16 heavy (non-hydrogen) atoms. The van der Waals surface area contributed by atoms with Crippen molar-refractivity contribution in [3.05, 3.63) is 51.6 Å². The van der Waals surface area contributed by atoms with Crippen LogP contribution in [0.2, 0.25) is 5.15 Å². The maximum atomic E-state index is 5.83. The molecule has 2 aromatic rings. The van der Waals surface area contributed by atoms with E-state index in [0.717, 1.165) is 10.0 Å². The van der Waals surface area contributed by atoms with Crippen molar-refractivity contribution in [2.24, 2.45) is 5.84 Å². The summed E-state index contributed by atoms with van der Waals surface area (Å²) in [5, 5.41) is 0.417. The van der Waals surface area contributed by atoms with Gasteiger partial charge >= 0.3 is 0 Å². The van der Waals surface area contributed by atoms with Crippen molar-refractivity contribution in [1.82, 2.24) is 10.4 Å². The first kappa shape index (κ1) is 11.6. The summed E-state index contributed by atoms with van der Waals surface area (Å²) in [7, 11) is 0. The van der Waals surface area contributed by atoms with Crippen molar-refractivity contribution in [1.29, 1.82) is 0 Å². The summed E-state index contributed by atoms with van der Waals surface area (Å²) in [5.41, 5.74) is 3.57. The van der Waals surface area contributed by atoms with Crippen LogP contribution in [0, 0.1) is 0 Å². The Hall–Kier alpha value is -0.880. The van der Waals surface area contributed by atoms with Gasteiger partial charge in [0.2, 0.25) is 0 Å². The Morgan fingerprint density at radius 2 is 2.31 bits per heavy atom. The Morgan fingerprint density at radius 1 is 1.50 bits per heavy atom. The van der Waals surface area contributed by atoms with Gasteiger partial charge in [0, 0.05) is 6.20 Å². The van der Waals surface area contributed by atoms with Gasteiger partial charge in [0.1, 0.15) is 17.0 Å². The van der Waals surface area contributed by atoms with Crippen LogP contribution in [0.5, 0.6) is 0 Å². The molecule has 2 rings (SSSR count). The summed E-state index contributed by atoms with van der Waals surface area (Å²) in [6.07, 6.45) is 3.21. The third-order valence-electron chi connectivity index (χ3n) is 2.16. The van der Waals surface area contributed by atoms with E-state index >= 15 is 0 Å². The fourth-order valence-corrected chi connectivity index (χ4v) is 2.04. The van der Waals surface area contributed by atoms with Crippen molar-refractivity contribution in [2.45, 2.75) is 6.04 Å². The van der Waals surface area contributed by atoms with Crippen LogP contribution in [-0.4, -0.2) is 4.98 Å². The summed E-state index contributed by atoms with van der Waals surface area (Å²) >= 11 is 9.21. The molecule has 0 saturated carbocycles. The monoisotopic (exact) mass is 301 g/mol. The molecule has 0 spiro atoms. The Balaban J connectivity index is 2.40. The molecule has 4 nitrogen and oxygen atoms in total. The zero-order valence-electron chi connectivity index (χ0n) is 8.15. The summed E-state index contributed by atoms with van der Waals surface area (Å²) < 4.78 is 6.21. The Morgan fingerprint density at radius 3 is 2.88 bits per heavy atom. The molecular formula is C10H9BrClN3O. The number of furan rings is 1. The molecule has 0 saturated heterocycles. The molecule has 0 aliphatic heterocycles. The molecule has 1 unspecified atom stereocenters. The summed E-state index contributed by atoms with van der Waals surface area (Å²) in [4.78, 5) is 3.91. The molecule has 0 aliphatic carbocycles. The van der Waals surface area contributed by atoms with Crippen LogP contribution in [-0.2, 0) is 0 Å². The van der Waals surface area contributed by atoms with Gasteiger partial charge in [-0.05, 0) is 39.7 Å². The highest BCUT2D eigenvalue weighted by molar-refractivity contribution is 9.10. The summed E-state index contributed by atoms with van der Waals surface area (Å²) in [5.74, 6) is 6.22. The van der Waals surface area contributed by atoms with Crippen molar-refractivity contribution in [2.75, 3.05) is 0 Å². The van der Waals surface area contributed by atoms with E-state index in [2.05, 4.69) is 26.3 Å². The lowest BCUT2D eigenvalue weighted by Gasteiger charge is -2.14. The normalized spacial score (nSPS) is 12.7. The molecule has 1 atom stereocenters. The van der Waals surface area contributed by atoms with Gasteiger partial charge in [-0.2, -0.15) is 0 Å². The third kappa shape index (κ3) is 2.27. The Kier molecular flexibility index (Phi) is 3.60. The molecule has 2 aromatic heterocycles. The lowest BCUT2D eigenvalue weighted by Crippen LogP contribution is -2.28. The van der Waals surface area contributed by atoms with Gasteiger partial charge in [0.25, 0.3) is 0 Å². The second-order valence-electron chi connectivity index (χ2n) is 3.14. The largest absolute Gasteiger partial charge is 0.466 e. The molecule has 0 bridgehead atoms. The molecule has 84 valence electrons. The first-order valence-electron chi connectivity index (χ1n) is 4.53. The third-order valence-corrected chi connectivity index (χ3v) is 3.02. The second kappa shape index (κ2) is 4.97. The van der Waals surface area contributed by atoms with Crippen LogP contribution in [0.15, 0.2) is 39.5 Å². The van der Waals surface area contributed by atoms with Gasteiger partial charge in [-0.15, -0.1) is 0 Å². The maximum absolute atomic E-state index is 5.83. The molecule has 2 heterocycles. The molecule has 0 aromatic carbocycles. The molecule has 0 aliphatic rings. The van der Waals surface area contributed by atoms with Crippen molar-refractivity contribution >= 4 is 27.5 Å². The quantitative estimate of drug-likeness (QED) is 0.520. The number of hydrogen-bond donors (Lipinski definition) is 2. The average Bonchev–Trinajstić information content (AvgIpc) is 2.67. The fourth-order valence-electron chi connectivity index (χ4n) is 1.43. The molecule has 0 fully saturated rings. The molecule has 0 amide bonds. The van der Waals surface area contributed by atoms with Gasteiger partial charge in [-0.1, -0.05) is 11.6 Å². The molecule has 6 heteroatoms. The van der Waals surface area contributed by atoms with Crippen LogP contribution in [0.25, 0.3) is 0 Å². The number of rotatable bonds is 3. The van der Waals surface area contributed by atoms with E-state index in [1.807, 2.05) is 12.1 Å². The van der Waals surface area contributed by atoms with E-state index in [1.165, 1.54) is 0 Å². The number of hydrazine groups is 1. The first-order chi connectivity index (χ1) is 7.72. The van der Waals surface area contributed by atoms with E-state index in [0.29, 0.717) is 10.9 Å². The summed E-state index contributed by atoms with van der Waals surface area (Å²) in [6.45, 7) is 0. The van der Waals surface area contributed by atoms with Gasteiger partial charge in [0.15, 0.2) is 0 Å². The van der Waals surface area contributed by atoms with E-state index in [4.69, 9.17) is 21.9 Å². The maximum Gasteiger partial charge on any atom is 0.140 e. The second-order valence-corrected chi connectivity index (χ2v) is 4.39. The minimum absolute atomic E-state index is 0.259. The topological polar surface area (TPSA) is 64.1 Å². The van der Waals surface area contributed by atoms with E-state index < -0.39 is 0 Å². The minimum Gasteiger partial charge on any atom is -0.466 e. The standard InChI is InChI=1S/C10H9BrClN3O/c11-7-2-4-16-10(7)9(15-13)6-1-3-14-8(12)5-6/h1-5,9,15H,13H2. The molecule has 3 N–H and O–H groups in total. The van der Waals surface area contributed by atoms with Crippen molar-refractivity contribution in [3.8, 4) is 0 Å². The highest BCUT2D eigenvalue weighted by Crippen LogP contribution is 2.29. The fraction of sp³-hybridized carbons (Fsp3) is 0.100. The lowest BCUT2D eigenvalue weighted by molar-refractivity contribution is 0.449. The van der Waals surface area contributed by atoms with E-state index in [1.54, 1.807) is 18.5 Å². The Bertz CT molecular complexity index is 488.